The van der Waals surface area contributed by atoms with Crippen molar-refractivity contribution < 1.29 is 10.2 Å². The van der Waals surface area contributed by atoms with E-state index < -0.39 is 0 Å². The van der Waals surface area contributed by atoms with Crippen LogP contribution in [0.15, 0.2) is 24.3 Å². The molecule has 2 N–H and O–H groups in total. The van der Waals surface area contributed by atoms with Crippen LogP contribution in [0.2, 0.25) is 0 Å². The Morgan fingerprint density at radius 1 is 1.21 bits per heavy atom. The molecular weight excluding hydrogens is 300 g/mol. The zero-order valence-electron chi connectivity index (χ0n) is 14.3. The lowest BCUT2D eigenvalue weighted by Crippen LogP contribution is -2.72. The van der Waals surface area contributed by atoms with E-state index in [-0.39, 0.29) is 17.7 Å². The van der Waals surface area contributed by atoms with E-state index >= 15 is 0 Å². The number of anilines is 1. The number of rotatable bonds is 1. The van der Waals surface area contributed by atoms with Gasteiger partial charge in [-0.25, -0.2) is 0 Å². The van der Waals surface area contributed by atoms with Crippen molar-refractivity contribution in [2.45, 2.75) is 62.1 Å². The molecule has 4 nitrogen and oxygen atoms in total. The molecule has 6 aliphatic rings. The van der Waals surface area contributed by atoms with Gasteiger partial charge in [0, 0.05) is 42.1 Å². The van der Waals surface area contributed by atoms with Crippen LogP contribution in [-0.4, -0.2) is 52.6 Å². The number of fused-ring (bicyclic) bond motifs is 2. The third-order valence-electron chi connectivity index (χ3n) is 8.46. The Labute approximate surface area is 143 Å². The van der Waals surface area contributed by atoms with Crippen LogP contribution in [0, 0.1) is 17.8 Å². The topological polar surface area (TPSA) is 46.9 Å². The SMILES string of the molecule is CC[C@H]1[C@@H]2C[C@@H]3[C@H]4N(C)c5ccccc5[C@]45C[C@@H]([C@@H]2[C@@H]5O)N3[C@@H]1O. The van der Waals surface area contributed by atoms with Gasteiger partial charge in [0.1, 0.15) is 6.23 Å². The molecule has 1 saturated carbocycles. The van der Waals surface area contributed by atoms with Gasteiger partial charge in [-0.05, 0) is 36.8 Å². The monoisotopic (exact) mass is 326 g/mol. The normalized spacial score (nSPS) is 55.8. The molecule has 128 valence electrons. The summed E-state index contributed by atoms with van der Waals surface area (Å²) in [6.07, 6.45) is 2.56. The van der Waals surface area contributed by atoms with Crippen LogP contribution in [-0.2, 0) is 5.41 Å². The molecule has 7 rings (SSSR count). The summed E-state index contributed by atoms with van der Waals surface area (Å²) in [7, 11) is 2.19. The summed E-state index contributed by atoms with van der Waals surface area (Å²) in [6.45, 7) is 2.19. The number of likely N-dealkylation sites (N-methyl/N-ethyl adjacent to an activating group) is 1. The smallest absolute Gasteiger partial charge is 0.111 e. The van der Waals surface area contributed by atoms with E-state index in [0.717, 1.165) is 19.3 Å². The van der Waals surface area contributed by atoms with Crippen molar-refractivity contribution in [3.8, 4) is 0 Å². The summed E-state index contributed by atoms with van der Waals surface area (Å²) in [5.74, 6) is 1.14. The number of hydrogen-bond donors (Lipinski definition) is 2. The van der Waals surface area contributed by atoms with E-state index in [1.165, 1.54) is 11.3 Å². The lowest BCUT2D eigenvalue weighted by Gasteiger charge is -2.62. The third kappa shape index (κ3) is 1.20. The molecule has 10 atom stereocenters. The third-order valence-corrected chi connectivity index (χ3v) is 8.46. The van der Waals surface area contributed by atoms with Crippen LogP contribution >= 0.6 is 0 Å². The molecule has 1 aromatic rings. The molecule has 4 saturated heterocycles. The summed E-state index contributed by atoms with van der Waals surface area (Å²) >= 11 is 0. The lowest BCUT2D eigenvalue weighted by molar-refractivity contribution is -0.211. The second kappa shape index (κ2) is 4.17. The predicted octanol–water partition coefficient (Wildman–Crippen LogP) is 1.55. The first-order valence-corrected chi connectivity index (χ1v) is 9.57. The van der Waals surface area contributed by atoms with E-state index in [2.05, 4.69) is 48.0 Å². The number of piperidine rings is 4. The van der Waals surface area contributed by atoms with Gasteiger partial charge >= 0.3 is 0 Å². The lowest BCUT2D eigenvalue weighted by atomic mass is 9.62. The summed E-state index contributed by atoms with van der Waals surface area (Å²) in [6, 6.07) is 9.70. The second-order valence-electron chi connectivity index (χ2n) is 8.81. The van der Waals surface area contributed by atoms with Gasteiger partial charge in [-0.3, -0.25) is 4.90 Å². The molecule has 1 spiro atoms. The Morgan fingerprint density at radius 2 is 2.00 bits per heavy atom. The largest absolute Gasteiger partial charge is 0.392 e. The van der Waals surface area contributed by atoms with E-state index in [1.54, 1.807) is 0 Å². The van der Waals surface area contributed by atoms with Gasteiger partial charge in [0.15, 0.2) is 0 Å². The minimum Gasteiger partial charge on any atom is -0.392 e. The van der Waals surface area contributed by atoms with Crippen LogP contribution in [0.5, 0.6) is 0 Å². The number of benzene rings is 1. The van der Waals surface area contributed by atoms with Crippen molar-refractivity contribution in [2.75, 3.05) is 11.9 Å². The van der Waals surface area contributed by atoms with Crippen molar-refractivity contribution in [1.82, 2.24) is 4.90 Å². The number of aliphatic hydroxyl groups excluding tert-OH is 2. The molecular formula is C20H26N2O2. The quantitative estimate of drug-likeness (QED) is 0.822. The first-order valence-electron chi connectivity index (χ1n) is 9.57. The fraction of sp³-hybridized carbons (Fsp3) is 0.700. The van der Waals surface area contributed by atoms with Crippen LogP contribution < -0.4 is 4.90 Å². The Bertz CT molecular complexity index is 723. The molecule has 4 heteroatoms. The highest BCUT2D eigenvalue weighted by Gasteiger charge is 2.76. The van der Waals surface area contributed by atoms with Crippen molar-refractivity contribution >= 4 is 5.69 Å². The van der Waals surface area contributed by atoms with Crippen LogP contribution in [0.4, 0.5) is 5.69 Å². The average molecular weight is 326 g/mol. The van der Waals surface area contributed by atoms with Crippen molar-refractivity contribution in [3.63, 3.8) is 0 Å². The number of para-hydroxylation sites is 1. The molecule has 24 heavy (non-hydrogen) atoms. The van der Waals surface area contributed by atoms with E-state index in [9.17, 15) is 10.2 Å². The maximum atomic E-state index is 11.6. The minimum absolute atomic E-state index is 0.126. The highest BCUT2D eigenvalue weighted by Crippen LogP contribution is 2.68. The van der Waals surface area contributed by atoms with Gasteiger partial charge in [0.25, 0.3) is 0 Å². The minimum atomic E-state index is -0.319. The second-order valence-corrected chi connectivity index (χ2v) is 8.81. The molecule has 1 aliphatic carbocycles. The predicted molar refractivity (Wildman–Crippen MR) is 91.7 cm³/mol. The van der Waals surface area contributed by atoms with Crippen molar-refractivity contribution in [2.24, 2.45) is 17.8 Å². The van der Waals surface area contributed by atoms with Crippen molar-refractivity contribution in [1.29, 1.82) is 0 Å². The highest BCUT2D eigenvalue weighted by atomic mass is 16.3. The first-order chi connectivity index (χ1) is 11.6. The average Bonchev–Trinajstić information content (AvgIpc) is 2.97. The Morgan fingerprint density at radius 3 is 2.79 bits per heavy atom. The van der Waals surface area contributed by atoms with Gasteiger partial charge in [-0.1, -0.05) is 25.1 Å². The van der Waals surface area contributed by atoms with Gasteiger partial charge in [-0.2, -0.15) is 0 Å². The Kier molecular flexibility index (Phi) is 2.45. The van der Waals surface area contributed by atoms with Gasteiger partial charge in [-0.15, -0.1) is 0 Å². The molecule has 0 amide bonds. The molecule has 1 aromatic carbocycles. The van der Waals surface area contributed by atoms with E-state index in [1.807, 2.05) is 0 Å². The van der Waals surface area contributed by atoms with E-state index in [0.29, 0.717) is 35.9 Å². The summed E-state index contributed by atoms with van der Waals surface area (Å²) < 4.78 is 0. The standard InChI is InChI=1S/C20H26N2O2/c1-3-10-11-8-14-17-20(12-6-4-5-7-13(12)21(17)2)9-15(16(11)18(20)23)22(14)19(10)24/h4-7,10-11,14-19,23-24H,3,8-9H2,1-2H3/t10-,11-,14+,15-,16+,17+,18-,19+,20+/m0/s1. The summed E-state index contributed by atoms with van der Waals surface area (Å²) in [4.78, 5) is 4.83. The van der Waals surface area contributed by atoms with E-state index in [4.69, 9.17) is 0 Å². The number of nitrogens with zero attached hydrogens (tertiary/aromatic N) is 2. The fourth-order valence-corrected chi connectivity index (χ4v) is 7.88. The highest BCUT2D eigenvalue weighted by molar-refractivity contribution is 5.67. The zero-order chi connectivity index (χ0) is 16.4. The van der Waals surface area contributed by atoms with Gasteiger partial charge in [0.2, 0.25) is 0 Å². The molecule has 0 aromatic heterocycles. The fourth-order valence-electron chi connectivity index (χ4n) is 7.88. The Balaban J connectivity index is 1.60. The maximum absolute atomic E-state index is 11.6. The van der Waals surface area contributed by atoms with Gasteiger partial charge < -0.3 is 15.1 Å². The molecule has 0 radical (unpaired) electrons. The zero-order valence-corrected chi connectivity index (χ0v) is 14.3. The molecule has 5 fully saturated rings. The molecule has 5 heterocycles. The molecule has 5 aliphatic heterocycles. The molecule has 1 unspecified atom stereocenters. The van der Waals surface area contributed by atoms with Crippen LogP contribution in [0.25, 0.3) is 0 Å². The summed E-state index contributed by atoms with van der Waals surface area (Å²) in [5.41, 5.74) is 2.51. The number of aliphatic hydroxyl groups is 2. The van der Waals surface area contributed by atoms with Crippen LogP contribution in [0.1, 0.15) is 31.7 Å². The van der Waals surface area contributed by atoms with Crippen molar-refractivity contribution in [3.05, 3.63) is 29.8 Å². The number of hydrogen-bond acceptors (Lipinski definition) is 4. The summed E-state index contributed by atoms with van der Waals surface area (Å²) in [5, 5.41) is 22.6. The maximum Gasteiger partial charge on any atom is 0.111 e. The Hall–Kier alpha value is -1.10. The first kappa shape index (κ1) is 14.1. The van der Waals surface area contributed by atoms with Crippen LogP contribution in [0.3, 0.4) is 0 Å². The van der Waals surface area contributed by atoms with Gasteiger partial charge in [0.05, 0.1) is 12.1 Å². The molecule has 5 bridgehead atoms.